The molecule has 0 aromatic heterocycles. The summed E-state index contributed by atoms with van der Waals surface area (Å²) in [5.74, 6) is 0. The Kier molecular flexibility index (Phi) is 3.73. The molecule has 0 aromatic rings. The summed E-state index contributed by atoms with van der Waals surface area (Å²) in [5.41, 5.74) is -1.31. The fraction of sp³-hybridized carbons (Fsp3) is 0.333. The predicted molar refractivity (Wildman–Crippen MR) is 37.6 cm³/mol. The van der Waals surface area contributed by atoms with Crippen molar-refractivity contribution in [2.24, 2.45) is 0 Å². The normalized spacial score (nSPS) is 10.8. The lowest BCUT2D eigenvalue weighted by atomic mass is 10.8. The Labute approximate surface area is 76.1 Å². The van der Waals surface area contributed by atoms with Crippen LogP contribution in [0.4, 0.5) is 4.79 Å². The van der Waals surface area contributed by atoms with Gasteiger partial charge in [0.05, 0.1) is 0 Å². The zero-order chi connectivity index (χ0) is 8.36. The third-order valence-electron chi connectivity index (χ3n) is 0.437. The van der Waals surface area contributed by atoms with Crippen molar-refractivity contribution >= 4 is 57.1 Å². The first-order valence-corrected chi connectivity index (χ1v) is 3.33. The first kappa shape index (κ1) is 10.3. The van der Waals surface area contributed by atoms with Gasteiger partial charge in [0.2, 0.25) is 0 Å². The van der Waals surface area contributed by atoms with Crippen molar-refractivity contribution < 1.29 is 14.3 Å². The van der Waals surface area contributed by atoms with E-state index in [1.165, 1.54) is 0 Å². The number of halogens is 4. The van der Waals surface area contributed by atoms with E-state index in [0.717, 1.165) is 0 Å². The van der Waals surface area contributed by atoms with Crippen LogP contribution in [0.2, 0.25) is 0 Å². The fourth-order valence-corrected chi connectivity index (χ4v) is 0.514. The second-order valence-corrected chi connectivity index (χ2v) is 3.04. The summed E-state index contributed by atoms with van der Waals surface area (Å²) in [6.07, 6.45) is 0. The molecule has 58 valence electrons. The van der Waals surface area contributed by atoms with Crippen molar-refractivity contribution in [3.8, 4) is 0 Å². The monoisotopic (exact) mass is 224 g/mol. The van der Waals surface area contributed by atoms with E-state index in [1.807, 2.05) is 0 Å². The molecule has 0 rings (SSSR count). The lowest BCUT2D eigenvalue weighted by Gasteiger charge is -2.11. The van der Waals surface area contributed by atoms with Crippen molar-refractivity contribution in [2.45, 2.75) is 4.52 Å². The number of rotatable bonds is 2. The van der Waals surface area contributed by atoms with Gasteiger partial charge in [-0.25, -0.2) is 4.79 Å². The number of ether oxygens (including phenoxy) is 1. The van der Waals surface area contributed by atoms with Gasteiger partial charge in [-0.3, -0.25) is 4.79 Å². The van der Waals surface area contributed by atoms with Gasteiger partial charge in [-0.05, 0) is 34.8 Å². The van der Waals surface area contributed by atoms with Crippen LogP contribution in [0, 0.1) is 0 Å². The van der Waals surface area contributed by atoms with Crippen molar-refractivity contribution in [1.82, 2.24) is 0 Å². The SMILES string of the molecule is O=C(Cl)OC(Cl)(Cl)C(=O)Cl. The van der Waals surface area contributed by atoms with Crippen LogP contribution in [0.5, 0.6) is 0 Å². The van der Waals surface area contributed by atoms with Gasteiger partial charge in [-0.2, -0.15) is 0 Å². The first-order valence-electron chi connectivity index (χ1n) is 1.82. The van der Waals surface area contributed by atoms with E-state index in [2.05, 4.69) is 16.3 Å². The standard InChI is InChI=1S/C3Cl4O3/c4-1(8)3(6,7)10-2(5)9. The van der Waals surface area contributed by atoms with E-state index in [4.69, 9.17) is 34.8 Å². The second kappa shape index (κ2) is 3.62. The molecule has 0 aliphatic heterocycles. The molecular formula is C3Cl4O3. The maximum atomic E-state index is 10.2. The third kappa shape index (κ3) is 3.46. The van der Waals surface area contributed by atoms with Crippen LogP contribution in [0.15, 0.2) is 0 Å². The van der Waals surface area contributed by atoms with Crippen LogP contribution in [-0.4, -0.2) is 15.2 Å². The molecule has 3 nitrogen and oxygen atoms in total. The highest BCUT2D eigenvalue weighted by atomic mass is 35.5. The summed E-state index contributed by atoms with van der Waals surface area (Å²) in [6, 6.07) is 0. The van der Waals surface area contributed by atoms with E-state index in [1.54, 1.807) is 0 Å². The molecule has 0 aliphatic carbocycles. The maximum absolute atomic E-state index is 10.2. The van der Waals surface area contributed by atoms with E-state index in [-0.39, 0.29) is 0 Å². The number of alkyl halides is 2. The van der Waals surface area contributed by atoms with Gasteiger partial charge in [-0.15, -0.1) is 0 Å². The lowest BCUT2D eigenvalue weighted by Crippen LogP contribution is -2.26. The number of hydrogen-bond donors (Lipinski definition) is 0. The summed E-state index contributed by atoms with van der Waals surface area (Å²) in [7, 11) is 0. The van der Waals surface area contributed by atoms with Crippen molar-refractivity contribution in [3.63, 3.8) is 0 Å². The molecule has 10 heavy (non-hydrogen) atoms. The third-order valence-corrected chi connectivity index (χ3v) is 1.47. The van der Waals surface area contributed by atoms with Crippen molar-refractivity contribution in [2.75, 3.05) is 0 Å². The van der Waals surface area contributed by atoms with E-state index in [0.29, 0.717) is 0 Å². The Morgan fingerprint density at radius 1 is 1.20 bits per heavy atom. The molecule has 0 aliphatic rings. The zero-order valence-corrected chi connectivity index (χ0v) is 7.26. The summed E-state index contributed by atoms with van der Waals surface area (Å²) in [5, 5.41) is -1.23. The van der Waals surface area contributed by atoms with Crippen LogP contribution < -0.4 is 0 Å². The van der Waals surface area contributed by atoms with Crippen LogP contribution >= 0.6 is 46.4 Å². The Morgan fingerprint density at radius 2 is 1.60 bits per heavy atom. The Hall–Kier alpha value is 0.300. The van der Waals surface area contributed by atoms with Crippen LogP contribution in [0.1, 0.15) is 0 Å². The smallest absolute Gasteiger partial charge is 0.406 e. The van der Waals surface area contributed by atoms with Crippen LogP contribution in [0.25, 0.3) is 0 Å². The summed E-state index contributed by atoms with van der Waals surface area (Å²) < 4.78 is 1.49. The van der Waals surface area contributed by atoms with Gasteiger partial charge < -0.3 is 4.74 Å². The van der Waals surface area contributed by atoms with Crippen LogP contribution in [-0.2, 0) is 9.53 Å². The predicted octanol–water partition coefficient (Wildman–Crippen LogP) is 2.26. The van der Waals surface area contributed by atoms with Crippen molar-refractivity contribution in [3.05, 3.63) is 0 Å². The molecule has 0 saturated heterocycles. The lowest BCUT2D eigenvalue weighted by molar-refractivity contribution is -0.117. The number of carbonyl (C=O) groups excluding carboxylic acids is 2. The maximum Gasteiger partial charge on any atom is 0.406 e. The average Bonchev–Trinajstić information content (AvgIpc) is 1.60. The quantitative estimate of drug-likeness (QED) is 0.535. The van der Waals surface area contributed by atoms with Gasteiger partial charge in [0.1, 0.15) is 0 Å². The number of hydrogen-bond acceptors (Lipinski definition) is 3. The second-order valence-electron chi connectivity index (χ2n) is 1.13. The highest BCUT2D eigenvalue weighted by molar-refractivity contribution is 6.78. The molecule has 0 radical (unpaired) electrons. The van der Waals surface area contributed by atoms with Crippen molar-refractivity contribution in [1.29, 1.82) is 0 Å². The highest BCUT2D eigenvalue weighted by Gasteiger charge is 2.36. The number of carbonyl (C=O) groups is 2. The minimum atomic E-state index is -2.39. The van der Waals surface area contributed by atoms with Gasteiger partial charge in [-0.1, -0.05) is 0 Å². The summed E-state index contributed by atoms with van der Waals surface area (Å²) >= 11 is 19.5. The molecular weight excluding hydrogens is 226 g/mol. The largest absolute Gasteiger partial charge is 0.408 e. The Bertz CT molecular complexity index is 165. The minimum absolute atomic E-state index is 1.23. The molecule has 0 saturated carbocycles. The summed E-state index contributed by atoms with van der Waals surface area (Å²) in [4.78, 5) is 20.1. The average molecular weight is 226 g/mol. The fourth-order valence-electron chi connectivity index (χ4n) is 0.141. The molecule has 0 amide bonds. The Balaban J connectivity index is 4.13. The highest BCUT2D eigenvalue weighted by Crippen LogP contribution is 2.26. The molecule has 0 heterocycles. The van der Waals surface area contributed by atoms with Gasteiger partial charge in [0.15, 0.2) is 0 Å². The molecule has 0 fully saturated rings. The topological polar surface area (TPSA) is 43.4 Å². The molecule has 0 unspecified atom stereocenters. The van der Waals surface area contributed by atoms with E-state index in [9.17, 15) is 9.59 Å². The molecule has 0 bridgehead atoms. The molecule has 0 N–H and O–H groups in total. The summed E-state index contributed by atoms with van der Waals surface area (Å²) in [6.45, 7) is 0. The molecule has 7 heteroatoms. The molecule has 0 aromatic carbocycles. The van der Waals surface area contributed by atoms with Crippen LogP contribution in [0.3, 0.4) is 0 Å². The van der Waals surface area contributed by atoms with E-state index < -0.39 is 15.2 Å². The molecule has 0 spiro atoms. The zero-order valence-electron chi connectivity index (χ0n) is 4.24. The van der Waals surface area contributed by atoms with Gasteiger partial charge in [0, 0.05) is 11.6 Å². The van der Waals surface area contributed by atoms with E-state index >= 15 is 0 Å². The van der Waals surface area contributed by atoms with Gasteiger partial charge in [0.25, 0.3) is 5.24 Å². The Morgan fingerprint density at radius 3 is 1.70 bits per heavy atom. The van der Waals surface area contributed by atoms with Gasteiger partial charge >= 0.3 is 9.95 Å². The molecule has 0 atom stereocenters. The first-order chi connectivity index (χ1) is 4.36. The minimum Gasteiger partial charge on any atom is -0.408 e.